The van der Waals surface area contributed by atoms with Gasteiger partial charge in [-0.05, 0) is 62.1 Å². The summed E-state index contributed by atoms with van der Waals surface area (Å²) in [5.41, 5.74) is 1.86. The van der Waals surface area contributed by atoms with Gasteiger partial charge in [-0.2, -0.15) is 0 Å². The third-order valence-corrected chi connectivity index (χ3v) is 8.05. The Morgan fingerprint density at radius 1 is 1.14 bits per heavy atom. The number of aryl methyl sites for hydroxylation is 1. The third kappa shape index (κ3) is 7.13. The number of halogens is 1. The number of hydrogen-bond acceptors (Lipinski definition) is 5. The van der Waals surface area contributed by atoms with E-state index in [0.29, 0.717) is 10.8 Å². The average Bonchev–Trinajstić information content (AvgIpc) is 3.35. The maximum atomic E-state index is 13.6. The molecule has 1 atom stereocenters. The number of nitrogens with one attached hydrogen (secondary N) is 1. The van der Waals surface area contributed by atoms with Crippen LogP contribution in [0, 0.1) is 6.92 Å². The Morgan fingerprint density at radius 2 is 1.78 bits per heavy atom. The van der Waals surface area contributed by atoms with Gasteiger partial charge in [0.2, 0.25) is 21.8 Å². The number of nitrogens with zero attached hydrogens (tertiary/aromatic N) is 2. The number of carbonyl (C=O) groups excluding carboxylic acids is 2. The number of carbonyl (C=O) groups is 2. The predicted molar refractivity (Wildman–Crippen MR) is 142 cm³/mol. The molecule has 2 aromatic rings. The molecule has 3 rings (SSSR count). The van der Waals surface area contributed by atoms with Crippen LogP contribution in [0.15, 0.2) is 42.5 Å². The maximum absolute atomic E-state index is 13.6. The number of sulfonamides is 1. The van der Waals surface area contributed by atoms with E-state index in [4.69, 9.17) is 16.3 Å². The fourth-order valence-electron chi connectivity index (χ4n) is 4.25. The van der Waals surface area contributed by atoms with Crippen molar-refractivity contribution in [2.45, 2.75) is 58.2 Å². The van der Waals surface area contributed by atoms with Crippen molar-refractivity contribution in [3.05, 3.63) is 58.6 Å². The first-order valence-corrected chi connectivity index (χ1v) is 14.2. The van der Waals surface area contributed by atoms with Crippen molar-refractivity contribution in [1.29, 1.82) is 0 Å². The first-order valence-electron chi connectivity index (χ1n) is 12.0. The fraction of sp³-hybridized carbons (Fsp3) is 0.462. The monoisotopic (exact) mass is 535 g/mol. The van der Waals surface area contributed by atoms with Gasteiger partial charge in [-0.25, -0.2) is 8.42 Å². The van der Waals surface area contributed by atoms with Crippen LogP contribution in [0.2, 0.25) is 5.02 Å². The molecule has 1 aliphatic rings. The molecule has 1 saturated carbocycles. The minimum Gasteiger partial charge on any atom is -0.497 e. The van der Waals surface area contributed by atoms with Gasteiger partial charge in [-0.3, -0.25) is 13.9 Å². The second-order valence-electron chi connectivity index (χ2n) is 9.24. The standard InChI is InChI=1S/C26H34ClN3O5S/c1-18-9-12-22(15-24(18)27)30(36(4,33)34)17-25(31)29(16-20-10-13-23(35-3)14-11-20)19(2)26(32)28-21-7-5-6-8-21/h9-15,19,21H,5-8,16-17H2,1-4H3,(H,28,32)/t19-/m1/s1. The van der Waals surface area contributed by atoms with Gasteiger partial charge in [-0.1, -0.05) is 42.6 Å². The van der Waals surface area contributed by atoms with Crippen LogP contribution < -0.4 is 14.4 Å². The minimum absolute atomic E-state index is 0.0973. The quantitative estimate of drug-likeness (QED) is 0.498. The van der Waals surface area contributed by atoms with Crippen molar-refractivity contribution in [2.24, 2.45) is 0 Å². The van der Waals surface area contributed by atoms with E-state index in [1.807, 2.05) is 19.1 Å². The Morgan fingerprint density at radius 3 is 2.33 bits per heavy atom. The Bertz CT molecular complexity index is 1180. The van der Waals surface area contributed by atoms with E-state index in [1.54, 1.807) is 38.3 Å². The van der Waals surface area contributed by atoms with Crippen molar-refractivity contribution in [1.82, 2.24) is 10.2 Å². The predicted octanol–water partition coefficient (Wildman–Crippen LogP) is 3.90. The topological polar surface area (TPSA) is 96.0 Å². The largest absolute Gasteiger partial charge is 0.497 e. The van der Waals surface area contributed by atoms with Crippen LogP contribution in [0.25, 0.3) is 0 Å². The van der Waals surface area contributed by atoms with Crippen LogP contribution in [0.5, 0.6) is 5.75 Å². The summed E-state index contributed by atoms with van der Waals surface area (Å²) < 4.78 is 31.6. The molecule has 0 aromatic heterocycles. The number of benzene rings is 2. The summed E-state index contributed by atoms with van der Waals surface area (Å²) in [6, 6.07) is 11.3. The Kier molecular flexibility index (Phi) is 9.24. The first kappa shape index (κ1) is 27.8. The molecule has 10 heteroatoms. The molecule has 0 radical (unpaired) electrons. The van der Waals surface area contributed by atoms with Crippen molar-refractivity contribution in [2.75, 3.05) is 24.2 Å². The lowest BCUT2D eigenvalue weighted by Crippen LogP contribution is -2.52. The van der Waals surface area contributed by atoms with Crippen LogP contribution in [0.4, 0.5) is 5.69 Å². The van der Waals surface area contributed by atoms with Gasteiger partial charge in [0.25, 0.3) is 0 Å². The van der Waals surface area contributed by atoms with Crippen LogP contribution in [-0.2, 0) is 26.2 Å². The van der Waals surface area contributed by atoms with Crippen LogP contribution in [-0.4, -0.2) is 57.1 Å². The van der Waals surface area contributed by atoms with E-state index < -0.39 is 28.5 Å². The second-order valence-corrected chi connectivity index (χ2v) is 11.6. The highest BCUT2D eigenvalue weighted by molar-refractivity contribution is 7.92. The molecule has 0 saturated heterocycles. The summed E-state index contributed by atoms with van der Waals surface area (Å²) in [6.07, 6.45) is 5.01. The fourth-order valence-corrected chi connectivity index (χ4v) is 5.27. The highest BCUT2D eigenvalue weighted by atomic mass is 35.5. The number of hydrogen-bond donors (Lipinski definition) is 1. The van der Waals surface area contributed by atoms with Crippen molar-refractivity contribution in [3.8, 4) is 5.75 Å². The summed E-state index contributed by atoms with van der Waals surface area (Å²) in [5.74, 6) is -0.0850. The van der Waals surface area contributed by atoms with Gasteiger partial charge in [0.05, 0.1) is 19.1 Å². The molecular weight excluding hydrogens is 502 g/mol. The van der Waals surface area contributed by atoms with Crippen LogP contribution in [0.3, 0.4) is 0 Å². The minimum atomic E-state index is -3.81. The summed E-state index contributed by atoms with van der Waals surface area (Å²) in [6.45, 7) is 3.15. The van der Waals surface area contributed by atoms with Crippen molar-refractivity contribution < 1.29 is 22.7 Å². The molecule has 196 valence electrons. The Balaban J connectivity index is 1.88. The first-order chi connectivity index (χ1) is 17.0. The molecule has 0 unspecified atom stereocenters. The Labute approximate surface area is 218 Å². The van der Waals surface area contributed by atoms with E-state index in [2.05, 4.69) is 5.32 Å². The van der Waals surface area contributed by atoms with E-state index in [0.717, 1.165) is 47.4 Å². The van der Waals surface area contributed by atoms with Gasteiger partial charge in [-0.15, -0.1) is 0 Å². The van der Waals surface area contributed by atoms with Gasteiger partial charge in [0.15, 0.2) is 0 Å². The zero-order valence-corrected chi connectivity index (χ0v) is 22.7. The summed E-state index contributed by atoms with van der Waals surface area (Å²) in [7, 11) is -2.25. The number of methoxy groups -OCH3 is 1. The molecule has 1 N–H and O–H groups in total. The average molecular weight is 536 g/mol. The molecule has 2 amide bonds. The smallest absolute Gasteiger partial charge is 0.244 e. The van der Waals surface area contributed by atoms with E-state index in [9.17, 15) is 18.0 Å². The molecule has 1 fully saturated rings. The maximum Gasteiger partial charge on any atom is 0.244 e. The number of anilines is 1. The highest BCUT2D eigenvalue weighted by Crippen LogP contribution is 2.26. The normalized spacial score (nSPS) is 14.8. The lowest BCUT2D eigenvalue weighted by molar-refractivity contribution is -0.139. The molecular formula is C26H34ClN3O5S. The molecule has 8 nitrogen and oxygen atoms in total. The molecule has 0 spiro atoms. The summed E-state index contributed by atoms with van der Waals surface area (Å²) >= 11 is 6.23. The number of rotatable bonds is 10. The second kappa shape index (κ2) is 12.0. The molecule has 2 aromatic carbocycles. The zero-order chi connectivity index (χ0) is 26.5. The lowest BCUT2D eigenvalue weighted by Gasteiger charge is -2.32. The van der Waals surface area contributed by atoms with Crippen molar-refractivity contribution in [3.63, 3.8) is 0 Å². The van der Waals surface area contributed by atoms with Crippen molar-refractivity contribution >= 4 is 39.1 Å². The molecule has 0 aliphatic heterocycles. The molecule has 1 aliphatic carbocycles. The van der Waals surface area contributed by atoms with Crippen LogP contribution >= 0.6 is 11.6 Å². The zero-order valence-electron chi connectivity index (χ0n) is 21.2. The van der Waals surface area contributed by atoms with E-state index >= 15 is 0 Å². The molecule has 0 bridgehead atoms. The van der Waals surface area contributed by atoms with Gasteiger partial charge in [0, 0.05) is 17.6 Å². The lowest BCUT2D eigenvalue weighted by atomic mass is 10.1. The van der Waals surface area contributed by atoms with Gasteiger partial charge in [0.1, 0.15) is 18.3 Å². The SMILES string of the molecule is COc1ccc(CN(C(=O)CN(c2ccc(C)c(Cl)c2)S(C)(=O)=O)[C@H](C)C(=O)NC2CCCC2)cc1. The van der Waals surface area contributed by atoms with Gasteiger partial charge < -0.3 is 15.0 Å². The third-order valence-electron chi connectivity index (χ3n) is 6.50. The van der Waals surface area contributed by atoms with Gasteiger partial charge >= 0.3 is 0 Å². The number of amides is 2. The van der Waals surface area contributed by atoms with E-state index in [-0.39, 0.29) is 24.2 Å². The Hall–Kier alpha value is -2.78. The van der Waals surface area contributed by atoms with Crippen LogP contribution in [0.1, 0.15) is 43.7 Å². The summed E-state index contributed by atoms with van der Waals surface area (Å²) in [4.78, 5) is 28.1. The summed E-state index contributed by atoms with van der Waals surface area (Å²) in [5, 5.41) is 3.44. The number of ether oxygens (including phenoxy) is 1. The van der Waals surface area contributed by atoms with E-state index in [1.165, 1.54) is 11.0 Å². The highest BCUT2D eigenvalue weighted by Gasteiger charge is 2.31. The molecule has 36 heavy (non-hydrogen) atoms. The molecule has 0 heterocycles.